The minimum Gasteiger partial charge on any atom is -0.393 e. The quantitative estimate of drug-likeness (QED) is 0.389. The van der Waals surface area contributed by atoms with E-state index in [2.05, 4.69) is 32.1 Å². The first kappa shape index (κ1) is 23.9. The van der Waals surface area contributed by atoms with E-state index in [0.29, 0.717) is 50.7 Å². The highest BCUT2D eigenvalue weighted by Crippen LogP contribution is 2.63. The van der Waals surface area contributed by atoms with E-state index in [1.54, 1.807) is 0 Å². The van der Waals surface area contributed by atoms with Gasteiger partial charge in [0.05, 0.1) is 31.0 Å². The Morgan fingerprint density at radius 1 is 1.16 bits per heavy atom. The molecule has 0 radical (unpaired) electrons. The highest BCUT2D eigenvalue weighted by Gasteiger charge is 2.56. The number of fused-ring (bicyclic) bond motifs is 5. The number of ether oxygens (including phenoxy) is 1. The first-order valence-electron chi connectivity index (χ1n) is 12.6. The van der Waals surface area contributed by atoms with Crippen LogP contribution in [0, 0.1) is 22.7 Å². The maximum Gasteiger partial charge on any atom is 0.0823 e. The van der Waals surface area contributed by atoms with Crippen LogP contribution in [0.2, 0.25) is 0 Å². The van der Waals surface area contributed by atoms with Crippen LogP contribution in [0.1, 0.15) is 72.6 Å². The zero-order chi connectivity index (χ0) is 23.1. The van der Waals surface area contributed by atoms with Crippen LogP contribution >= 0.6 is 0 Å². The molecule has 4 heteroatoms. The third-order valence-electron chi connectivity index (χ3n) is 9.52. The maximum absolute atomic E-state index is 11.0. The largest absolute Gasteiger partial charge is 0.393 e. The molecule has 0 saturated heterocycles. The van der Waals surface area contributed by atoms with Crippen LogP contribution < -0.4 is 0 Å². The fourth-order valence-corrected chi connectivity index (χ4v) is 6.94. The van der Waals surface area contributed by atoms with Crippen LogP contribution in [0.3, 0.4) is 0 Å². The lowest BCUT2D eigenvalue weighted by Crippen LogP contribution is -2.52. The standard InChI is InChI=1S/C28H42O4/c1-5-28(31,6-2)13-7-15-32-18-20-9-11-23-22-10-8-19-16-21(29)17-25(30)27(19,4)24(22)12-14-26(20,23)3/h7-10,13,21,23-25,29-31H,5-6,11-12,14-18H2,1-4H3/t21-,23+,24+,25+,26-,27+/m1/s1. The summed E-state index contributed by atoms with van der Waals surface area (Å²) in [6, 6.07) is 0. The van der Waals surface area contributed by atoms with Crippen LogP contribution in [0.5, 0.6) is 0 Å². The molecular formula is C28H42O4. The van der Waals surface area contributed by atoms with Gasteiger partial charge in [0.15, 0.2) is 0 Å². The average Bonchev–Trinajstić information content (AvgIpc) is 3.11. The molecule has 0 unspecified atom stereocenters. The highest BCUT2D eigenvalue weighted by molar-refractivity contribution is 5.43. The molecule has 0 bridgehead atoms. The molecule has 2 saturated carbocycles. The Kier molecular flexibility index (Phi) is 6.63. The van der Waals surface area contributed by atoms with Crippen LogP contribution in [0.25, 0.3) is 0 Å². The van der Waals surface area contributed by atoms with Gasteiger partial charge in [-0.25, -0.2) is 0 Å². The number of hydrogen-bond donors (Lipinski definition) is 3. The van der Waals surface area contributed by atoms with Gasteiger partial charge in [-0.15, -0.1) is 0 Å². The molecule has 0 amide bonds. The van der Waals surface area contributed by atoms with E-state index in [4.69, 9.17) is 4.74 Å². The van der Waals surface area contributed by atoms with Gasteiger partial charge in [0, 0.05) is 11.8 Å². The van der Waals surface area contributed by atoms with Crippen molar-refractivity contribution < 1.29 is 20.1 Å². The Morgan fingerprint density at radius 3 is 2.62 bits per heavy atom. The summed E-state index contributed by atoms with van der Waals surface area (Å²) >= 11 is 0. The third kappa shape index (κ3) is 3.87. The molecule has 0 aliphatic heterocycles. The summed E-state index contributed by atoms with van der Waals surface area (Å²) in [4.78, 5) is 0. The number of aliphatic hydroxyl groups excluding tert-OH is 2. The fraction of sp³-hybridized carbons (Fsp3) is 0.714. The number of allylic oxidation sites excluding steroid dienone is 4. The summed E-state index contributed by atoms with van der Waals surface area (Å²) in [6.07, 6.45) is 15.6. The molecule has 4 aliphatic carbocycles. The minimum atomic E-state index is -0.721. The lowest BCUT2D eigenvalue weighted by Gasteiger charge is -2.56. The molecule has 4 aliphatic rings. The van der Waals surface area contributed by atoms with E-state index in [9.17, 15) is 15.3 Å². The van der Waals surface area contributed by atoms with Gasteiger partial charge in [-0.3, -0.25) is 0 Å². The maximum atomic E-state index is 11.0. The summed E-state index contributed by atoms with van der Waals surface area (Å²) in [5.41, 5.74) is 3.26. The van der Waals surface area contributed by atoms with E-state index in [1.807, 2.05) is 26.0 Å². The van der Waals surface area contributed by atoms with Gasteiger partial charge in [0.1, 0.15) is 0 Å². The van der Waals surface area contributed by atoms with Crippen molar-refractivity contribution in [3.05, 3.63) is 47.1 Å². The van der Waals surface area contributed by atoms with Crippen LogP contribution in [0.15, 0.2) is 47.1 Å². The summed E-state index contributed by atoms with van der Waals surface area (Å²) < 4.78 is 6.02. The van der Waals surface area contributed by atoms with Gasteiger partial charge in [-0.05, 0) is 61.3 Å². The zero-order valence-electron chi connectivity index (χ0n) is 20.3. The lowest BCUT2D eigenvalue weighted by atomic mass is 9.50. The van der Waals surface area contributed by atoms with Gasteiger partial charge in [0.2, 0.25) is 0 Å². The molecule has 0 aromatic rings. The van der Waals surface area contributed by atoms with Crippen molar-refractivity contribution in [3.8, 4) is 0 Å². The van der Waals surface area contributed by atoms with Crippen molar-refractivity contribution in [3.63, 3.8) is 0 Å². The van der Waals surface area contributed by atoms with Crippen molar-refractivity contribution in [1.82, 2.24) is 0 Å². The number of hydrogen-bond acceptors (Lipinski definition) is 4. The molecule has 3 N–H and O–H groups in total. The molecule has 0 aromatic carbocycles. The molecule has 0 spiro atoms. The molecule has 0 aromatic heterocycles. The molecule has 0 heterocycles. The van der Waals surface area contributed by atoms with Crippen molar-refractivity contribution in [2.75, 3.05) is 13.2 Å². The van der Waals surface area contributed by atoms with Crippen LogP contribution in [-0.4, -0.2) is 46.3 Å². The van der Waals surface area contributed by atoms with E-state index < -0.39 is 17.8 Å². The normalized spacial score (nSPS) is 39.2. The second-order valence-corrected chi connectivity index (χ2v) is 11.0. The van der Waals surface area contributed by atoms with E-state index in [-0.39, 0.29) is 10.8 Å². The third-order valence-corrected chi connectivity index (χ3v) is 9.52. The predicted molar refractivity (Wildman–Crippen MR) is 128 cm³/mol. The second kappa shape index (κ2) is 8.87. The molecule has 4 nitrogen and oxygen atoms in total. The number of rotatable bonds is 7. The Hall–Kier alpha value is -1.20. The van der Waals surface area contributed by atoms with Crippen molar-refractivity contribution >= 4 is 0 Å². The Bertz CT molecular complexity index is 832. The Balaban J connectivity index is 1.44. The zero-order valence-corrected chi connectivity index (χ0v) is 20.3. The van der Waals surface area contributed by atoms with E-state index in [1.165, 1.54) is 16.7 Å². The topological polar surface area (TPSA) is 69.9 Å². The first-order chi connectivity index (χ1) is 15.2. The second-order valence-electron chi connectivity index (χ2n) is 11.0. The minimum absolute atomic E-state index is 0.112. The highest BCUT2D eigenvalue weighted by atomic mass is 16.5. The number of aliphatic hydroxyl groups is 3. The first-order valence-corrected chi connectivity index (χ1v) is 12.6. The SMILES string of the molecule is CCC(O)(C=CCOCC1=CC[C@H]2C3=CC=C4C[C@@H](O)C[C@H](O)[C@]4(C)[C@H]3CC[C@]12C)CC. The molecule has 2 fully saturated rings. The molecule has 178 valence electrons. The van der Waals surface area contributed by atoms with Crippen LogP contribution in [0.4, 0.5) is 0 Å². The van der Waals surface area contributed by atoms with Crippen molar-refractivity contribution in [1.29, 1.82) is 0 Å². The van der Waals surface area contributed by atoms with Gasteiger partial charge in [0.25, 0.3) is 0 Å². The summed E-state index contributed by atoms with van der Waals surface area (Å²) in [6.45, 7) is 9.78. The summed E-state index contributed by atoms with van der Waals surface area (Å²) in [5.74, 6) is 0.829. The van der Waals surface area contributed by atoms with E-state index in [0.717, 1.165) is 19.3 Å². The smallest absolute Gasteiger partial charge is 0.0823 e. The summed E-state index contributed by atoms with van der Waals surface area (Å²) in [5, 5.41) is 31.6. The Morgan fingerprint density at radius 2 is 1.91 bits per heavy atom. The van der Waals surface area contributed by atoms with Gasteiger partial charge in [-0.2, -0.15) is 0 Å². The van der Waals surface area contributed by atoms with Crippen molar-refractivity contribution in [2.45, 2.75) is 90.4 Å². The predicted octanol–water partition coefficient (Wildman–Crippen LogP) is 4.86. The average molecular weight is 443 g/mol. The molecule has 32 heavy (non-hydrogen) atoms. The molecule has 4 rings (SSSR count). The van der Waals surface area contributed by atoms with Gasteiger partial charge < -0.3 is 20.1 Å². The Labute approximate surface area is 193 Å². The van der Waals surface area contributed by atoms with Crippen molar-refractivity contribution in [2.24, 2.45) is 22.7 Å². The monoisotopic (exact) mass is 442 g/mol. The van der Waals surface area contributed by atoms with Gasteiger partial charge in [-0.1, -0.05) is 69.2 Å². The molecular weight excluding hydrogens is 400 g/mol. The summed E-state index contributed by atoms with van der Waals surface area (Å²) in [7, 11) is 0. The lowest BCUT2D eigenvalue weighted by molar-refractivity contribution is -0.0493. The van der Waals surface area contributed by atoms with Gasteiger partial charge >= 0.3 is 0 Å². The van der Waals surface area contributed by atoms with Crippen LogP contribution in [-0.2, 0) is 4.74 Å². The van der Waals surface area contributed by atoms with E-state index >= 15 is 0 Å². The molecule has 6 atom stereocenters. The fourth-order valence-electron chi connectivity index (χ4n) is 6.94.